The fourth-order valence-electron chi connectivity index (χ4n) is 5.43. The SMILES string of the molecule is Cc1nc2c3c(nn2c(C)c1Cl)CN(C(=O)c1ccc(F)cc1O[C@H]1CC2CCC(N2)[C@@H]1F)C3. The molecule has 3 aliphatic heterocycles. The Labute approximate surface area is 200 Å². The zero-order valence-corrected chi connectivity index (χ0v) is 19.6. The highest BCUT2D eigenvalue weighted by atomic mass is 35.5. The van der Waals surface area contributed by atoms with Gasteiger partial charge in [-0.15, -0.1) is 0 Å². The molecular weight excluding hydrogens is 464 g/mol. The summed E-state index contributed by atoms with van der Waals surface area (Å²) in [5, 5.41) is 8.43. The van der Waals surface area contributed by atoms with Crippen molar-refractivity contribution >= 4 is 23.2 Å². The van der Waals surface area contributed by atoms with E-state index < -0.39 is 18.1 Å². The van der Waals surface area contributed by atoms with Crippen LogP contribution in [0.2, 0.25) is 5.02 Å². The Bertz CT molecular complexity index is 1330. The standard InChI is InChI=1S/C24H24ClF2N5O2/c1-11-21(25)12(2)32-23(28-11)16-9-31(10-18(16)30-32)24(33)15-5-3-13(26)7-19(15)34-20-8-14-4-6-17(29-14)22(20)27/h3,5,7,14,17,20,22,29H,4,6,8-10H2,1-2H3/t14?,17?,20-,22-/m0/s1. The molecule has 3 aromatic rings. The van der Waals surface area contributed by atoms with Gasteiger partial charge in [0.2, 0.25) is 0 Å². The van der Waals surface area contributed by atoms with Gasteiger partial charge in [0.15, 0.2) is 11.8 Å². The first-order chi connectivity index (χ1) is 16.3. The van der Waals surface area contributed by atoms with Crippen LogP contribution in [0.3, 0.4) is 0 Å². The Balaban J connectivity index is 1.28. The summed E-state index contributed by atoms with van der Waals surface area (Å²) in [6.07, 6.45) is 0.214. The molecule has 1 N–H and O–H groups in total. The Hall–Kier alpha value is -2.78. The van der Waals surface area contributed by atoms with E-state index in [0.29, 0.717) is 29.3 Å². The van der Waals surface area contributed by atoms with Crippen LogP contribution in [0.1, 0.15) is 52.3 Å². The first-order valence-electron chi connectivity index (χ1n) is 11.5. The molecule has 0 aliphatic carbocycles. The van der Waals surface area contributed by atoms with Gasteiger partial charge in [-0.3, -0.25) is 4.79 Å². The lowest BCUT2D eigenvalue weighted by atomic mass is 10.00. The van der Waals surface area contributed by atoms with E-state index in [1.807, 2.05) is 13.8 Å². The van der Waals surface area contributed by atoms with Gasteiger partial charge in [0.05, 0.1) is 40.8 Å². The van der Waals surface area contributed by atoms with E-state index in [-0.39, 0.29) is 35.8 Å². The molecule has 7 nitrogen and oxygen atoms in total. The van der Waals surface area contributed by atoms with Crippen molar-refractivity contribution in [2.45, 2.75) is 70.6 Å². The second-order valence-electron chi connectivity index (χ2n) is 9.44. The summed E-state index contributed by atoms with van der Waals surface area (Å²) in [4.78, 5) is 19.7. The van der Waals surface area contributed by atoms with Gasteiger partial charge < -0.3 is 15.0 Å². The summed E-state index contributed by atoms with van der Waals surface area (Å²) >= 11 is 6.32. The van der Waals surface area contributed by atoms with Gasteiger partial charge in [-0.25, -0.2) is 18.3 Å². The maximum absolute atomic E-state index is 14.9. The molecule has 1 amide bonds. The highest BCUT2D eigenvalue weighted by molar-refractivity contribution is 6.31. The lowest BCUT2D eigenvalue weighted by molar-refractivity contribution is 0.0439. The van der Waals surface area contributed by atoms with E-state index in [1.165, 1.54) is 18.2 Å². The van der Waals surface area contributed by atoms with Crippen LogP contribution in [0, 0.1) is 19.7 Å². The quantitative estimate of drug-likeness (QED) is 0.606. The summed E-state index contributed by atoms with van der Waals surface area (Å²) in [5.74, 6) is -0.775. The minimum absolute atomic E-state index is 0.0781. The average molecular weight is 488 g/mol. The predicted molar refractivity (Wildman–Crippen MR) is 121 cm³/mol. The number of aryl methyl sites for hydroxylation is 2. The third kappa shape index (κ3) is 3.36. The summed E-state index contributed by atoms with van der Waals surface area (Å²) in [6.45, 7) is 4.31. The molecule has 3 aliphatic rings. The van der Waals surface area contributed by atoms with Crippen LogP contribution >= 0.6 is 11.6 Å². The molecule has 2 saturated heterocycles. The molecule has 6 rings (SSSR count). The zero-order valence-electron chi connectivity index (χ0n) is 18.8. The third-order valence-electron chi connectivity index (χ3n) is 7.23. The van der Waals surface area contributed by atoms with E-state index in [0.717, 1.165) is 29.8 Å². The largest absolute Gasteiger partial charge is 0.486 e. The van der Waals surface area contributed by atoms with Crippen molar-refractivity contribution in [3.63, 3.8) is 0 Å². The van der Waals surface area contributed by atoms with Crippen LogP contribution in [-0.2, 0) is 13.1 Å². The number of carbonyl (C=O) groups is 1. The summed E-state index contributed by atoms with van der Waals surface area (Å²) in [5.41, 5.74) is 3.98. The predicted octanol–water partition coefficient (Wildman–Crippen LogP) is 3.90. The Kier molecular flexibility index (Phi) is 5.04. The number of hydrogen-bond donors (Lipinski definition) is 1. The summed E-state index contributed by atoms with van der Waals surface area (Å²) in [7, 11) is 0. The monoisotopic (exact) mass is 487 g/mol. The van der Waals surface area contributed by atoms with Crippen LogP contribution < -0.4 is 10.1 Å². The number of alkyl halides is 1. The Morgan fingerprint density at radius 1 is 1.26 bits per heavy atom. The molecule has 2 fully saturated rings. The van der Waals surface area contributed by atoms with Crippen LogP contribution in [0.4, 0.5) is 8.78 Å². The number of amides is 1. The van der Waals surface area contributed by atoms with Crippen molar-refractivity contribution in [2.24, 2.45) is 0 Å². The smallest absolute Gasteiger partial charge is 0.258 e. The average Bonchev–Trinajstić information content (AvgIpc) is 3.50. The van der Waals surface area contributed by atoms with E-state index in [4.69, 9.17) is 16.3 Å². The number of hydrogen-bond acceptors (Lipinski definition) is 5. The first kappa shape index (κ1) is 21.7. The number of ether oxygens (including phenoxy) is 1. The van der Waals surface area contributed by atoms with Gasteiger partial charge >= 0.3 is 0 Å². The molecule has 5 heterocycles. The summed E-state index contributed by atoms with van der Waals surface area (Å²) in [6, 6.07) is 3.74. The fraction of sp³-hybridized carbons (Fsp3) is 0.458. The van der Waals surface area contributed by atoms with Crippen molar-refractivity contribution in [3.8, 4) is 5.75 Å². The Morgan fingerprint density at radius 2 is 2.09 bits per heavy atom. The lowest BCUT2D eigenvalue weighted by Gasteiger charge is -2.33. The van der Waals surface area contributed by atoms with Gasteiger partial charge in [-0.2, -0.15) is 5.10 Å². The highest BCUT2D eigenvalue weighted by Gasteiger charge is 2.43. The molecule has 178 valence electrons. The number of nitrogens with zero attached hydrogens (tertiary/aromatic N) is 4. The highest BCUT2D eigenvalue weighted by Crippen LogP contribution is 2.35. The molecule has 34 heavy (non-hydrogen) atoms. The molecule has 0 radical (unpaired) electrons. The lowest BCUT2D eigenvalue weighted by Crippen LogP contribution is -2.51. The minimum Gasteiger partial charge on any atom is -0.486 e. The number of nitrogens with one attached hydrogen (secondary N) is 1. The fourth-order valence-corrected chi connectivity index (χ4v) is 5.55. The van der Waals surface area contributed by atoms with Crippen molar-refractivity contribution in [3.05, 3.63) is 57.2 Å². The first-order valence-corrected chi connectivity index (χ1v) is 11.9. The third-order valence-corrected chi connectivity index (χ3v) is 7.77. The van der Waals surface area contributed by atoms with Gasteiger partial charge in [0, 0.05) is 30.1 Å². The number of benzene rings is 1. The van der Waals surface area contributed by atoms with Gasteiger partial charge in [-0.1, -0.05) is 11.6 Å². The second kappa shape index (κ2) is 7.88. The minimum atomic E-state index is -1.21. The van der Waals surface area contributed by atoms with Crippen molar-refractivity contribution in [1.29, 1.82) is 0 Å². The molecule has 1 aromatic carbocycles. The number of rotatable bonds is 3. The number of fused-ring (bicyclic) bond motifs is 5. The number of aromatic nitrogens is 3. The maximum Gasteiger partial charge on any atom is 0.258 e. The number of carbonyl (C=O) groups excluding carboxylic acids is 1. The van der Waals surface area contributed by atoms with Gasteiger partial charge in [-0.05, 0) is 38.8 Å². The Morgan fingerprint density at radius 3 is 2.91 bits per heavy atom. The molecular formula is C24H24ClF2N5O2. The molecule has 4 atom stereocenters. The van der Waals surface area contributed by atoms with Gasteiger partial charge in [0.25, 0.3) is 5.91 Å². The molecule has 2 aromatic heterocycles. The van der Waals surface area contributed by atoms with Crippen LogP contribution in [0.25, 0.3) is 5.65 Å². The molecule has 10 heteroatoms. The topological polar surface area (TPSA) is 71.8 Å². The second-order valence-corrected chi connectivity index (χ2v) is 9.82. The maximum atomic E-state index is 14.9. The van der Waals surface area contributed by atoms with E-state index in [9.17, 15) is 13.6 Å². The molecule has 0 saturated carbocycles. The van der Waals surface area contributed by atoms with Crippen molar-refractivity contribution in [2.75, 3.05) is 0 Å². The van der Waals surface area contributed by atoms with Crippen LogP contribution in [-0.4, -0.2) is 49.8 Å². The molecule has 2 unspecified atom stereocenters. The van der Waals surface area contributed by atoms with Crippen molar-refractivity contribution in [1.82, 2.24) is 24.8 Å². The van der Waals surface area contributed by atoms with E-state index >= 15 is 0 Å². The van der Waals surface area contributed by atoms with Crippen LogP contribution in [0.5, 0.6) is 5.75 Å². The number of piperidine rings is 1. The van der Waals surface area contributed by atoms with E-state index in [2.05, 4.69) is 15.4 Å². The summed E-state index contributed by atoms with van der Waals surface area (Å²) < 4.78 is 36.7. The molecule has 0 spiro atoms. The van der Waals surface area contributed by atoms with Crippen molar-refractivity contribution < 1.29 is 18.3 Å². The van der Waals surface area contributed by atoms with Gasteiger partial charge in [0.1, 0.15) is 17.7 Å². The normalized spacial score (nSPS) is 25.7. The zero-order chi connectivity index (χ0) is 23.7. The molecule has 2 bridgehead atoms. The van der Waals surface area contributed by atoms with Crippen LogP contribution in [0.15, 0.2) is 18.2 Å². The number of halogens is 3. The van der Waals surface area contributed by atoms with E-state index in [1.54, 1.807) is 9.42 Å².